The molecule has 2 rings (SSSR count). The monoisotopic (exact) mass is 288 g/mol. The number of hydrogen-bond donors (Lipinski definition) is 0. The van der Waals surface area contributed by atoms with Crippen molar-refractivity contribution in [3.63, 3.8) is 0 Å². The molecule has 1 aromatic rings. The summed E-state index contributed by atoms with van der Waals surface area (Å²) in [5.41, 5.74) is 2.32. The zero-order chi connectivity index (χ0) is 13.2. The van der Waals surface area contributed by atoms with Gasteiger partial charge in [-0.3, -0.25) is 0 Å². The molecular weight excluding hydrogens is 272 g/mol. The second kappa shape index (κ2) is 5.59. The average molecular weight is 289 g/mol. The Kier molecular flexibility index (Phi) is 4.30. The lowest BCUT2D eigenvalue weighted by Crippen LogP contribution is -2.37. The molecule has 1 heterocycles. The molecule has 2 atom stereocenters. The highest BCUT2D eigenvalue weighted by Crippen LogP contribution is 2.27. The highest BCUT2D eigenvalue weighted by Gasteiger charge is 2.34. The summed E-state index contributed by atoms with van der Waals surface area (Å²) >= 11 is 0. The van der Waals surface area contributed by atoms with Crippen molar-refractivity contribution in [1.29, 1.82) is 0 Å². The van der Waals surface area contributed by atoms with Crippen LogP contribution in [0.25, 0.3) is 0 Å². The molecule has 0 amide bonds. The standard InChI is InChI=1S/C13H17ClO3S/c1-10-2-4-11(5-3-10)8-12-9-17-7-6-13(12)18(14,15)16/h2-5,12-13H,6-9H2,1H3/t12-,13-/m0/s1. The summed E-state index contributed by atoms with van der Waals surface area (Å²) in [5, 5.41) is -0.491. The lowest BCUT2D eigenvalue weighted by atomic mass is 9.93. The molecule has 0 N–H and O–H groups in total. The van der Waals surface area contributed by atoms with E-state index in [2.05, 4.69) is 0 Å². The van der Waals surface area contributed by atoms with Crippen molar-refractivity contribution in [2.45, 2.75) is 25.0 Å². The molecule has 1 aliphatic rings. The van der Waals surface area contributed by atoms with E-state index in [0.29, 0.717) is 26.1 Å². The Morgan fingerprint density at radius 1 is 1.33 bits per heavy atom. The molecule has 0 bridgehead atoms. The molecule has 18 heavy (non-hydrogen) atoms. The van der Waals surface area contributed by atoms with Crippen molar-refractivity contribution >= 4 is 19.7 Å². The van der Waals surface area contributed by atoms with Crippen LogP contribution in [0.1, 0.15) is 17.5 Å². The van der Waals surface area contributed by atoms with Gasteiger partial charge in [0.05, 0.1) is 11.9 Å². The van der Waals surface area contributed by atoms with Gasteiger partial charge in [0.2, 0.25) is 9.05 Å². The van der Waals surface area contributed by atoms with Crippen LogP contribution in [0, 0.1) is 12.8 Å². The van der Waals surface area contributed by atoms with Crippen LogP contribution in [-0.4, -0.2) is 26.9 Å². The van der Waals surface area contributed by atoms with Gasteiger partial charge in [-0.05, 0) is 25.3 Å². The van der Waals surface area contributed by atoms with Gasteiger partial charge in [0.25, 0.3) is 0 Å². The number of rotatable bonds is 3. The second-order valence-electron chi connectivity index (χ2n) is 4.83. The third-order valence-corrected chi connectivity index (χ3v) is 5.41. The minimum atomic E-state index is -3.51. The number of aryl methyl sites for hydroxylation is 1. The fraction of sp³-hybridized carbons (Fsp3) is 0.538. The van der Waals surface area contributed by atoms with Crippen LogP contribution in [-0.2, 0) is 20.2 Å². The maximum atomic E-state index is 11.6. The Bertz CT molecular complexity index is 495. The van der Waals surface area contributed by atoms with Gasteiger partial charge >= 0.3 is 0 Å². The van der Waals surface area contributed by atoms with Gasteiger partial charge in [0.1, 0.15) is 0 Å². The molecule has 1 aliphatic heterocycles. The highest BCUT2D eigenvalue weighted by atomic mass is 35.7. The van der Waals surface area contributed by atoms with Gasteiger partial charge in [0, 0.05) is 23.2 Å². The molecule has 5 heteroatoms. The van der Waals surface area contributed by atoms with Crippen LogP contribution in [0.15, 0.2) is 24.3 Å². The molecular formula is C13H17ClO3S. The van der Waals surface area contributed by atoms with Crippen LogP contribution >= 0.6 is 10.7 Å². The Balaban J connectivity index is 2.13. The molecule has 100 valence electrons. The minimum absolute atomic E-state index is 0.0519. The van der Waals surface area contributed by atoms with E-state index in [4.69, 9.17) is 15.4 Å². The largest absolute Gasteiger partial charge is 0.381 e. The van der Waals surface area contributed by atoms with E-state index >= 15 is 0 Å². The van der Waals surface area contributed by atoms with Gasteiger partial charge in [-0.2, -0.15) is 0 Å². The molecule has 1 aromatic carbocycles. The molecule has 1 fully saturated rings. The number of hydrogen-bond acceptors (Lipinski definition) is 3. The van der Waals surface area contributed by atoms with E-state index in [1.165, 1.54) is 5.56 Å². The van der Waals surface area contributed by atoms with Crippen molar-refractivity contribution in [3.8, 4) is 0 Å². The van der Waals surface area contributed by atoms with E-state index in [9.17, 15) is 8.42 Å². The second-order valence-corrected chi connectivity index (χ2v) is 7.67. The van der Waals surface area contributed by atoms with E-state index in [1.54, 1.807) is 0 Å². The highest BCUT2D eigenvalue weighted by molar-refractivity contribution is 8.14. The fourth-order valence-corrected chi connectivity index (χ4v) is 4.08. The van der Waals surface area contributed by atoms with E-state index in [0.717, 1.165) is 5.56 Å². The van der Waals surface area contributed by atoms with Gasteiger partial charge in [0.15, 0.2) is 0 Å². The Labute approximate surface area is 113 Å². The molecule has 0 spiro atoms. The fourth-order valence-electron chi connectivity index (χ4n) is 2.37. The summed E-state index contributed by atoms with van der Waals surface area (Å²) in [5.74, 6) is -0.0519. The summed E-state index contributed by atoms with van der Waals surface area (Å²) in [7, 11) is 2.00. The summed E-state index contributed by atoms with van der Waals surface area (Å²) < 4.78 is 28.5. The minimum Gasteiger partial charge on any atom is -0.381 e. The van der Waals surface area contributed by atoms with Crippen molar-refractivity contribution in [2.24, 2.45) is 5.92 Å². The molecule has 0 aliphatic carbocycles. The van der Waals surface area contributed by atoms with Gasteiger partial charge in [-0.15, -0.1) is 0 Å². The topological polar surface area (TPSA) is 43.4 Å². The summed E-state index contributed by atoms with van der Waals surface area (Å²) in [4.78, 5) is 0. The van der Waals surface area contributed by atoms with Crippen molar-refractivity contribution < 1.29 is 13.2 Å². The molecule has 1 saturated heterocycles. The van der Waals surface area contributed by atoms with Crippen molar-refractivity contribution in [2.75, 3.05) is 13.2 Å². The third-order valence-electron chi connectivity index (χ3n) is 3.38. The quantitative estimate of drug-likeness (QED) is 0.803. The van der Waals surface area contributed by atoms with Crippen LogP contribution in [0.2, 0.25) is 0 Å². The SMILES string of the molecule is Cc1ccc(C[C@H]2COCC[C@@H]2S(=O)(=O)Cl)cc1. The lowest BCUT2D eigenvalue weighted by Gasteiger charge is -2.29. The van der Waals surface area contributed by atoms with Crippen LogP contribution in [0.3, 0.4) is 0 Å². The van der Waals surface area contributed by atoms with Crippen LogP contribution in [0.5, 0.6) is 0 Å². The number of benzene rings is 1. The van der Waals surface area contributed by atoms with Gasteiger partial charge in [-0.25, -0.2) is 8.42 Å². The van der Waals surface area contributed by atoms with E-state index < -0.39 is 14.3 Å². The predicted molar refractivity (Wildman–Crippen MR) is 72.4 cm³/mol. The van der Waals surface area contributed by atoms with E-state index in [1.807, 2.05) is 31.2 Å². The normalized spacial score (nSPS) is 25.0. The third kappa shape index (κ3) is 3.46. The average Bonchev–Trinajstić information content (AvgIpc) is 2.31. The molecule has 3 nitrogen and oxygen atoms in total. The van der Waals surface area contributed by atoms with Gasteiger partial charge in [-0.1, -0.05) is 29.8 Å². The summed E-state index contributed by atoms with van der Waals surface area (Å²) in [6.07, 6.45) is 1.18. The first-order valence-electron chi connectivity index (χ1n) is 6.03. The number of halogens is 1. The maximum absolute atomic E-state index is 11.6. The predicted octanol–water partition coefficient (Wildman–Crippen LogP) is 2.51. The van der Waals surface area contributed by atoms with Crippen molar-refractivity contribution in [1.82, 2.24) is 0 Å². The summed E-state index contributed by atoms with van der Waals surface area (Å²) in [6, 6.07) is 8.12. The smallest absolute Gasteiger partial charge is 0.235 e. The number of ether oxygens (including phenoxy) is 1. The zero-order valence-corrected chi connectivity index (χ0v) is 11.9. The van der Waals surface area contributed by atoms with E-state index in [-0.39, 0.29) is 5.92 Å². The molecule has 0 unspecified atom stereocenters. The Morgan fingerprint density at radius 2 is 2.00 bits per heavy atom. The first-order chi connectivity index (χ1) is 8.47. The van der Waals surface area contributed by atoms with Crippen molar-refractivity contribution in [3.05, 3.63) is 35.4 Å². The zero-order valence-electron chi connectivity index (χ0n) is 10.3. The first kappa shape index (κ1) is 13.8. The Hall–Kier alpha value is -0.580. The summed E-state index contributed by atoms with van der Waals surface area (Å²) in [6.45, 7) is 2.96. The lowest BCUT2D eigenvalue weighted by molar-refractivity contribution is 0.0577. The van der Waals surface area contributed by atoms with Gasteiger partial charge < -0.3 is 4.74 Å². The molecule has 0 radical (unpaired) electrons. The maximum Gasteiger partial charge on any atom is 0.235 e. The molecule has 0 aromatic heterocycles. The first-order valence-corrected chi connectivity index (χ1v) is 8.41. The van der Waals surface area contributed by atoms with Crippen LogP contribution in [0.4, 0.5) is 0 Å². The van der Waals surface area contributed by atoms with Crippen LogP contribution < -0.4 is 0 Å². The Morgan fingerprint density at radius 3 is 2.61 bits per heavy atom. The molecule has 0 saturated carbocycles.